The van der Waals surface area contributed by atoms with Gasteiger partial charge >= 0.3 is 0 Å². The third kappa shape index (κ3) is 3.98. The monoisotopic (exact) mass is 288 g/mol. The molecule has 0 aliphatic heterocycles. The van der Waals surface area contributed by atoms with Gasteiger partial charge in [0.25, 0.3) is 0 Å². The summed E-state index contributed by atoms with van der Waals surface area (Å²) in [4.78, 5) is 4.09. The lowest BCUT2D eigenvalue weighted by molar-refractivity contribution is 0.00502. The molecule has 0 spiro atoms. The van der Waals surface area contributed by atoms with Crippen molar-refractivity contribution in [3.8, 4) is 5.88 Å². The van der Waals surface area contributed by atoms with Crippen LogP contribution in [0.5, 0.6) is 5.88 Å². The van der Waals surface area contributed by atoms with E-state index >= 15 is 0 Å². The van der Waals surface area contributed by atoms with Crippen LogP contribution in [0.2, 0.25) is 0 Å². The first kappa shape index (κ1) is 13.3. The van der Waals surface area contributed by atoms with Gasteiger partial charge in [0.15, 0.2) is 0 Å². The molecule has 0 fully saturated rings. The molecule has 0 aliphatic rings. The third-order valence-corrected chi connectivity index (χ3v) is 2.89. The van der Waals surface area contributed by atoms with Gasteiger partial charge in [-0.2, -0.15) is 0 Å². The van der Waals surface area contributed by atoms with Crippen LogP contribution >= 0.6 is 15.9 Å². The van der Waals surface area contributed by atoms with Crippen LogP contribution in [0.4, 0.5) is 5.69 Å². The van der Waals surface area contributed by atoms with Gasteiger partial charge in [0, 0.05) is 13.5 Å². The first-order chi connectivity index (χ1) is 7.44. The SMILES string of the molecule is COC(C)(C)CCOc1ncc(N)cc1Br. The summed E-state index contributed by atoms with van der Waals surface area (Å²) in [6, 6.07) is 1.77. The number of nitrogens with zero attached hydrogens (tertiary/aromatic N) is 1. The number of nitrogen functional groups attached to an aromatic ring is 1. The van der Waals surface area contributed by atoms with Gasteiger partial charge in [-0.3, -0.25) is 0 Å². The minimum absolute atomic E-state index is 0.180. The number of hydrogen-bond donors (Lipinski definition) is 1. The van der Waals surface area contributed by atoms with E-state index in [9.17, 15) is 0 Å². The molecule has 0 aliphatic carbocycles. The molecule has 5 heteroatoms. The summed E-state index contributed by atoms with van der Waals surface area (Å²) in [5.41, 5.74) is 6.01. The molecule has 90 valence electrons. The highest BCUT2D eigenvalue weighted by atomic mass is 79.9. The van der Waals surface area contributed by atoms with E-state index in [1.54, 1.807) is 19.4 Å². The lowest BCUT2D eigenvalue weighted by Crippen LogP contribution is -2.25. The lowest BCUT2D eigenvalue weighted by atomic mass is 10.1. The molecule has 2 N–H and O–H groups in total. The van der Waals surface area contributed by atoms with Crippen LogP contribution in [0.3, 0.4) is 0 Å². The van der Waals surface area contributed by atoms with Crippen molar-refractivity contribution in [3.63, 3.8) is 0 Å². The zero-order valence-electron chi connectivity index (χ0n) is 9.79. The molecule has 0 amide bonds. The van der Waals surface area contributed by atoms with E-state index in [0.29, 0.717) is 18.2 Å². The molecular formula is C11H17BrN2O2. The van der Waals surface area contributed by atoms with Gasteiger partial charge in [-0.15, -0.1) is 0 Å². The summed E-state index contributed by atoms with van der Waals surface area (Å²) in [5.74, 6) is 0.557. The Morgan fingerprint density at radius 3 is 2.75 bits per heavy atom. The van der Waals surface area contributed by atoms with Crippen LogP contribution in [0.25, 0.3) is 0 Å². The number of hydrogen-bond acceptors (Lipinski definition) is 4. The number of aromatic nitrogens is 1. The second-order valence-corrected chi connectivity index (χ2v) is 4.97. The Labute approximate surface area is 104 Å². The van der Waals surface area contributed by atoms with Crippen molar-refractivity contribution in [2.45, 2.75) is 25.9 Å². The second kappa shape index (κ2) is 5.50. The average Bonchev–Trinajstić information content (AvgIpc) is 2.21. The van der Waals surface area contributed by atoms with E-state index in [4.69, 9.17) is 15.2 Å². The van der Waals surface area contributed by atoms with E-state index in [1.165, 1.54) is 0 Å². The first-order valence-electron chi connectivity index (χ1n) is 5.03. The molecule has 4 nitrogen and oxygen atoms in total. The molecule has 1 rings (SSSR count). The van der Waals surface area contributed by atoms with Crippen LogP contribution in [0.1, 0.15) is 20.3 Å². The van der Waals surface area contributed by atoms with E-state index in [0.717, 1.165) is 10.9 Å². The van der Waals surface area contributed by atoms with Crippen LogP contribution in [0, 0.1) is 0 Å². The average molecular weight is 289 g/mol. The van der Waals surface area contributed by atoms with Gasteiger partial charge in [0.2, 0.25) is 5.88 Å². The minimum Gasteiger partial charge on any atom is -0.477 e. The third-order valence-electron chi connectivity index (χ3n) is 2.32. The smallest absolute Gasteiger partial charge is 0.228 e. The molecular weight excluding hydrogens is 272 g/mol. The Kier molecular flexibility index (Phi) is 4.56. The molecule has 0 atom stereocenters. The molecule has 0 unspecified atom stereocenters. The molecule has 0 saturated carbocycles. The van der Waals surface area contributed by atoms with Crippen molar-refractivity contribution in [2.24, 2.45) is 0 Å². The Balaban J connectivity index is 2.49. The number of halogens is 1. The zero-order chi connectivity index (χ0) is 12.2. The van der Waals surface area contributed by atoms with E-state index in [-0.39, 0.29) is 5.60 Å². The van der Waals surface area contributed by atoms with Crippen molar-refractivity contribution in [1.82, 2.24) is 4.98 Å². The van der Waals surface area contributed by atoms with Gasteiger partial charge in [0.05, 0.1) is 28.6 Å². The van der Waals surface area contributed by atoms with Crippen molar-refractivity contribution in [1.29, 1.82) is 0 Å². The van der Waals surface area contributed by atoms with Crippen LogP contribution < -0.4 is 10.5 Å². The van der Waals surface area contributed by atoms with Crippen molar-refractivity contribution in [3.05, 3.63) is 16.7 Å². The van der Waals surface area contributed by atoms with Gasteiger partial charge in [-0.25, -0.2) is 4.98 Å². The van der Waals surface area contributed by atoms with E-state index in [1.807, 2.05) is 13.8 Å². The number of methoxy groups -OCH3 is 1. The first-order valence-corrected chi connectivity index (χ1v) is 5.83. The zero-order valence-corrected chi connectivity index (χ0v) is 11.4. The summed E-state index contributed by atoms with van der Waals surface area (Å²) in [7, 11) is 1.69. The predicted molar refractivity (Wildman–Crippen MR) is 67.5 cm³/mol. The molecule has 0 aromatic carbocycles. The minimum atomic E-state index is -0.180. The van der Waals surface area contributed by atoms with Gasteiger partial charge in [0.1, 0.15) is 0 Å². The summed E-state index contributed by atoms with van der Waals surface area (Å²) in [6.45, 7) is 4.58. The van der Waals surface area contributed by atoms with Crippen LogP contribution in [-0.4, -0.2) is 24.3 Å². The Hall–Kier alpha value is -0.810. The Bertz CT molecular complexity index is 356. The van der Waals surface area contributed by atoms with Crippen molar-refractivity contribution < 1.29 is 9.47 Å². The Morgan fingerprint density at radius 1 is 1.50 bits per heavy atom. The summed E-state index contributed by atoms with van der Waals surface area (Å²) < 4.78 is 11.6. The van der Waals surface area contributed by atoms with Gasteiger partial charge < -0.3 is 15.2 Å². The van der Waals surface area contributed by atoms with Crippen LogP contribution in [0.15, 0.2) is 16.7 Å². The molecule has 16 heavy (non-hydrogen) atoms. The number of rotatable bonds is 5. The largest absolute Gasteiger partial charge is 0.477 e. The van der Waals surface area contributed by atoms with Crippen molar-refractivity contribution in [2.75, 3.05) is 19.5 Å². The highest BCUT2D eigenvalue weighted by Crippen LogP contribution is 2.24. The van der Waals surface area contributed by atoms with Gasteiger partial charge in [-0.1, -0.05) is 0 Å². The fourth-order valence-electron chi connectivity index (χ4n) is 1.04. The fourth-order valence-corrected chi connectivity index (χ4v) is 1.52. The number of anilines is 1. The molecule has 0 saturated heterocycles. The highest BCUT2D eigenvalue weighted by molar-refractivity contribution is 9.10. The van der Waals surface area contributed by atoms with Gasteiger partial charge in [-0.05, 0) is 35.8 Å². The maximum absolute atomic E-state index is 5.58. The molecule has 1 aromatic rings. The van der Waals surface area contributed by atoms with E-state index in [2.05, 4.69) is 20.9 Å². The maximum Gasteiger partial charge on any atom is 0.228 e. The fraction of sp³-hybridized carbons (Fsp3) is 0.545. The van der Waals surface area contributed by atoms with E-state index < -0.39 is 0 Å². The summed E-state index contributed by atoms with van der Waals surface area (Å²) in [5, 5.41) is 0. The number of ether oxygens (including phenoxy) is 2. The predicted octanol–water partition coefficient (Wildman–Crippen LogP) is 2.62. The quantitative estimate of drug-likeness (QED) is 0.905. The summed E-state index contributed by atoms with van der Waals surface area (Å²) in [6.07, 6.45) is 2.36. The molecule has 0 bridgehead atoms. The standard InChI is InChI=1S/C11H17BrN2O2/c1-11(2,15-3)4-5-16-10-9(12)6-8(13)7-14-10/h6-7H,4-5,13H2,1-3H3. The highest BCUT2D eigenvalue weighted by Gasteiger charge is 2.16. The molecule has 0 radical (unpaired) electrons. The maximum atomic E-state index is 5.58. The lowest BCUT2D eigenvalue weighted by Gasteiger charge is -2.22. The Morgan fingerprint density at radius 2 is 2.19 bits per heavy atom. The van der Waals surface area contributed by atoms with Crippen LogP contribution in [-0.2, 0) is 4.74 Å². The van der Waals surface area contributed by atoms with Crippen molar-refractivity contribution >= 4 is 21.6 Å². The normalized spacial score (nSPS) is 11.5. The molecule has 1 heterocycles. The number of pyridine rings is 1. The number of nitrogens with two attached hydrogens (primary N) is 1. The summed E-state index contributed by atoms with van der Waals surface area (Å²) >= 11 is 3.35. The topological polar surface area (TPSA) is 57.4 Å². The molecule has 1 aromatic heterocycles. The second-order valence-electron chi connectivity index (χ2n) is 4.12.